The van der Waals surface area contributed by atoms with Gasteiger partial charge in [0, 0.05) is 23.0 Å². The summed E-state index contributed by atoms with van der Waals surface area (Å²) in [4.78, 5) is 13.3. The molecule has 0 aliphatic rings. The van der Waals surface area contributed by atoms with Crippen molar-refractivity contribution >= 4 is 22.9 Å². The maximum absolute atomic E-state index is 12.0. The Kier molecular flexibility index (Phi) is 3.99. The largest absolute Gasteiger partial charge is 0.398 e. The zero-order valence-electron chi connectivity index (χ0n) is 10.2. The Morgan fingerprint density at radius 3 is 2.78 bits per heavy atom. The van der Waals surface area contributed by atoms with E-state index in [1.165, 1.54) is 4.88 Å². The molecule has 0 aliphatic heterocycles. The van der Waals surface area contributed by atoms with E-state index in [0.29, 0.717) is 11.3 Å². The second kappa shape index (κ2) is 5.69. The highest BCUT2D eigenvalue weighted by atomic mass is 32.1. The Hall–Kier alpha value is -1.81. The minimum absolute atomic E-state index is 0.0933. The Morgan fingerprint density at radius 2 is 2.11 bits per heavy atom. The van der Waals surface area contributed by atoms with Crippen molar-refractivity contribution in [2.45, 2.75) is 19.4 Å². The predicted octanol–water partition coefficient (Wildman–Crippen LogP) is 2.69. The molecule has 1 heterocycles. The smallest absolute Gasteiger partial charge is 0.253 e. The van der Waals surface area contributed by atoms with Crippen molar-refractivity contribution in [2.75, 3.05) is 5.73 Å². The van der Waals surface area contributed by atoms with E-state index in [0.717, 1.165) is 6.42 Å². The first kappa shape index (κ1) is 12.6. The first-order chi connectivity index (χ1) is 8.66. The lowest BCUT2D eigenvalue weighted by atomic mass is 10.1. The molecular formula is C14H16N2OS. The van der Waals surface area contributed by atoms with Gasteiger partial charge in [0.2, 0.25) is 0 Å². The van der Waals surface area contributed by atoms with E-state index in [-0.39, 0.29) is 11.9 Å². The standard InChI is InChI=1S/C14H16N2OS/c1-10(9-11-5-4-8-18-11)16-14(17)12-6-2-3-7-13(12)15/h2-8,10H,9,15H2,1H3,(H,16,17). The fourth-order valence-electron chi connectivity index (χ4n) is 1.79. The van der Waals surface area contributed by atoms with Gasteiger partial charge in [-0.15, -0.1) is 11.3 Å². The van der Waals surface area contributed by atoms with E-state index in [2.05, 4.69) is 11.4 Å². The predicted molar refractivity (Wildman–Crippen MR) is 75.8 cm³/mol. The van der Waals surface area contributed by atoms with Gasteiger partial charge in [0.05, 0.1) is 5.56 Å². The number of thiophene rings is 1. The highest BCUT2D eigenvalue weighted by Crippen LogP contribution is 2.13. The molecule has 1 aromatic heterocycles. The molecule has 1 unspecified atom stereocenters. The van der Waals surface area contributed by atoms with Gasteiger partial charge in [-0.2, -0.15) is 0 Å². The molecule has 4 heteroatoms. The van der Waals surface area contributed by atoms with Crippen LogP contribution in [-0.4, -0.2) is 11.9 Å². The first-order valence-corrected chi connectivity index (χ1v) is 6.72. The molecule has 3 nitrogen and oxygen atoms in total. The Bertz CT molecular complexity index is 522. The highest BCUT2D eigenvalue weighted by Gasteiger charge is 2.12. The van der Waals surface area contributed by atoms with E-state index in [1.807, 2.05) is 30.5 Å². The van der Waals surface area contributed by atoms with Gasteiger partial charge in [0.15, 0.2) is 0 Å². The van der Waals surface area contributed by atoms with Crippen LogP contribution < -0.4 is 11.1 Å². The molecule has 0 aliphatic carbocycles. The van der Waals surface area contributed by atoms with Crippen molar-refractivity contribution < 1.29 is 4.79 Å². The highest BCUT2D eigenvalue weighted by molar-refractivity contribution is 7.09. The number of nitrogens with one attached hydrogen (secondary N) is 1. The monoisotopic (exact) mass is 260 g/mol. The fraction of sp³-hybridized carbons (Fsp3) is 0.214. The molecule has 0 saturated carbocycles. The van der Waals surface area contributed by atoms with Crippen LogP contribution in [0.25, 0.3) is 0 Å². The van der Waals surface area contributed by atoms with E-state index in [9.17, 15) is 4.79 Å². The number of nitrogens with two attached hydrogens (primary N) is 1. The molecule has 18 heavy (non-hydrogen) atoms. The Balaban J connectivity index is 1.97. The summed E-state index contributed by atoms with van der Waals surface area (Å²) in [7, 11) is 0. The van der Waals surface area contributed by atoms with Crippen molar-refractivity contribution in [2.24, 2.45) is 0 Å². The van der Waals surface area contributed by atoms with Crippen molar-refractivity contribution in [3.05, 3.63) is 52.2 Å². The van der Waals surface area contributed by atoms with Crippen LogP contribution in [-0.2, 0) is 6.42 Å². The van der Waals surface area contributed by atoms with Gasteiger partial charge in [0.1, 0.15) is 0 Å². The molecule has 0 bridgehead atoms. The van der Waals surface area contributed by atoms with Gasteiger partial charge in [-0.05, 0) is 30.5 Å². The molecule has 0 radical (unpaired) electrons. The van der Waals surface area contributed by atoms with Crippen LogP contribution in [0.1, 0.15) is 22.2 Å². The minimum atomic E-state index is -0.114. The van der Waals surface area contributed by atoms with Crippen LogP contribution in [0.15, 0.2) is 41.8 Å². The first-order valence-electron chi connectivity index (χ1n) is 5.84. The molecule has 1 amide bonds. The van der Waals surface area contributed by atoms with Crippen LogP contribution in [0.2, 0.25) is 0 Å². The Labute approximate surface area is 111 Å². The summed E-state index contributed by atoms with van der Waals surface area (Å²) in [5, 5.41) is 5.00. The third-order valence-corrected chi connectivity index (χ3v) is 3.57. The second-order valence-corrected chi connectivity index (χ2v) is 5.28. The van der Waals surface area contributed by atoms with E-state index in [1.54, 1.807) is 23.5 Å². The third kappa shape index (κ3) is 3.11. The topological polar surface area (TPSA) is 55.1 Å². The van der Waals surface area contributed by atoms with Crippen LogP contribution >= 0.6 is 11.3 Å². The number of rotatable bonds is 4. The number of hydrogen-bond acceptors (Lipinski definition) is 3. The molecule has 2 rings (SSSR count). The molecule has 3 N–H and O–H groups in total. The summed E-state index contributed by atoms with van der Waals surface area (Å²) in [5.41, 5.74) is 6.82. The lowest BCUT2D eigenvalue weighted by Gasteiger charge is -2.13. The molecule has 0 fully saturated rings. The lowest BCUT2D eigenvalue weighted by molar-refractivity contribution is 0.0941. The molecule has 1 atom stereocenters. The summed E-state index contributed by atoms with van der Waals surface area (Å²) in [6.45, 7) is 2.00. The van der Waals surface area contributed by atoms with Crippen molar-refractivity contribution in [3.8, 4) is 0 Å². The number of hydrogen-bond donors (Lipinski definition) is 2. The summed E-state index contributed by atoms with van der Waals surface area (Å²) in [6.07, 6.45) is 0.843. The second-order valence-electron chi connectivity index (χ2n) is 4.25. The summed E-state index contributed by atoms with van der Waals surface area (Å²) in [6, 6.07) is 11.3. The van der Waals surface area contributed by atoms with Gasteiger partial charge in [-0.3, -0.25) is 4.79 Å². The Morgan fingerprint density at radius 1 is 1.33 bits per heavy atom. The average Bonchev–Trinajstić information content (AvgIpc) is 2.82. The molecule has 0 saturated heterocycles. The van der Waals surface area contributed by atoms with Gasteiger partial charge in [0.25, 0.3) is 5.91 Å². The van der Waals surface area contributed by atoms with Gasteiger partial charge in [-0.1, -0.05) is 18.2 Å². The van der Waals surface area contributed by atoms with Crippen LogP contribution in [0.5, 0.6) is 0 Å². The lowest BCUT2D eigenvalue weighted by Crippen LogP contribution is -2.34. The minimum Gasteiger partial charge on any atom is -0.398 e. The molecule has 0 spiro atoms. The fourth-order valence-corrected chi connectivity index (χ4v) is 2.62. The van der Waals surface area contributed by atoms with Crippen LogP contribution in [0, 0.1) is 0 Å². The van der Waals surface area contributed by atoms with Gasteiger partial charge in [-0.25, -0.2) is 0 Å². The SMILES string of the molecule is CC(Cc1cccs1)NC(=O)c1ccccc1N. The van der Waals surface area contributed by atoms with Gasteiger partial charge >= 0.3 is 0 Å². The maximum atomic E-state index is 12.0. The van der Waals surface area contributed by atoms with Crippen LogP contribution in [0.3, 0.4) is 0 Å². The number of benzene rings is 1. The number of amides is 1. The van der Waals surface area contributed by atoms with E-state index < -0.39 is 0 Å². The number of para-hydroxylation sites is 1. The number of carbonyl (C=O) groups excluding carboxylic acids is 1. The number of nitrogen functional groups attached to an aromatic ring is 1. The molecule has 94 valence electrons. The third-order valence-electron chi connectivity index (χ3n) is 2.67. The van der Waals surface area contributed by atoms with E-state index in [4.69, 9.17) is 5.73 Å². The van der Waals surface area contributed by atoms with Crippen LogP contribution in [0.4, 0.5) is 5.69 Å². The summed E-state index contributed by atoms with van der Waals surface area (Å²) in [5.74, 6) is -0.114. The zero-order chi connectivity index (χ0) is 13.0. The number of carbonyl (C=O) groups is 1. The molecule has 1 aromatic carbocycles. The van der Waals surface area contributed by atoms with Crippen molar-refractivity contribution in [1.29, 1.82) is 0 Å². The summed E-state index contributed by atoms with van der Waals surface area (Å²) >= 11 is 1.70. The van der Waals surface area contributed by atoms with Gasteiger partial charge < -0.3 is 11.1 Å². The average molecular weight is 260 g/mol. The maximum Gasteiger partial charge on any atom is 0.253 e. The normalized spacial score (nSPS) is 12.1. The van der Waals surface area contributed by atoms with E-state index >= 15 is 0 Å². The quantitative estimate of drug-likeness (QED) is 0.830. The zero-order valence-corrected chi connectivity index (χ0v) is 11.0. The summed E-state index contributed by atoms with van der Waals surface area (Å²) < 4.78 is 0. The van der Waals surface area contributed by atoms with Crippen molar-refractivity contribution in [3.63, 3.8) is 0 Å². The van der Waals surface area contributed by atoms with Crippen molar-refractivity contribution in [1.82, 2.24) is 5.32 Å². The number of anilines is 1. The molecule has 2 aromatic rings. The molecular weight excluding hydrogens is 244 g/mol.